The van der Waals surface area contributed by atoms with Crippen molar-refractivity contribution in [2.75, 3.05) is 0 Å². The Kier molecular flexibility index (Phi) is 9.49. The molecule has 0 aliphatic rings. The van der Waals surface area contributed by atoms with Crippen molar-refractivity contribution in [3.05, 3.63) is 111 Å². The van der Waals surface area contributed by atoms with Crippen LogP contribution in [0, 0.1) is 17.0 Å². The Labute approximate surface area is 233 Å². The highest BCUT2D eigenvalue weighted by Crippen LogP contribution is 2.29. The average Bonchev–Trinajstić information content (AvgIpc) is 3.37. The molecule has 0 fully saturated rings. The van der Waals surface area contributed by atoms with Crippen molar-refractivity contribution in [1.82, 2.24) is 20.1 Å². The summed E-state index contributed by atoms with van der Waals surface area (Å²) in [6.45, 7) is 6.11. The summed E-state index contributed by atoms with van der Waals surface area (Å²) in [6.07, 6.45) is 4.52. The van der Waals surface area contributed by atoms with E-state index >= 15 is 0 Å². The first-order chi connectivity index (χ1) is 18.9. The highest BCUT2D eigenvalue weighted by Gasteiger charge is 2.22. The molecule has 1 heterocycles. The van der Waals surface area contributed by atoms with Gasteiger partial charge in [0.2, 0.25) is 0 Å². The molecule has 0 bridgehead atoms. The number of carbonyl (C=O) groups excluding carboxylic acids is 1. The average molecular weight is 544 g/mol. The molecule has 1 N–H and O–H groups in total. The van der Waals surface area contributed by atoms with Crippen LogP contribution < -0.4 is 5.32 Å². The van der Waals surface area contributed by atoms with Crippen molar-refractivity contribution in [3.63, 3.8) is 0 Å². The third-order valence-electron chi connectivity index (χ3n) is 6.62. The van der Waals surface area contributed by atoms with Crippen LogP contribution in [0.2, 0.25) is 0 Å². The van der Waals surface area contributed by atoms with Crippen LogP contribution in [-0.4, -0.2) is 25.6 Å². The van der Waals surface area contributed by atoms with E-state index in [1.54, 1.807) is 12.1 Å². The number of nitrogens with zero attached hydrogens (tertiary/aromatic N) is 4. The second-order valence-electron chi connectivity index (χ2n) is 9.51. The number of nitrogens with one attached hydrogen (secondary N) is 1. The number of benzene rings is 3. The van der Waals surface area contributed by atoms with Crippen LogP contribution in [0.1, 0.15) is 72.0 Å². The van der Waals surface area contributed by atoms with Crippen LogP contribution in [0.15, 0.2) is 78.0 Å². The maximum atomic E-state index is 13.1. The van der Waals surface area contributed by atoms with Crippen LogP contribution in [-0.2, 0) is 12.2 Å². The third-order valence-corrected chi connectivity index (χ3v) is 7.59. The monoisotopic (exact) mass is 543 g/mol. The van der Waals surface area contributed by atoms with Crippen molar-refractivity contribution in [1.29, 1.82) is 0 Å². The fourth-order valence-electron chi connectivity index (χ4n) is 4.28. The van der Waals surface area contributed by atoms with E-state index in [1.165, 1.54) is 53.4 Å². The number of hydrogen-bond acceptors (Lipinski definition) is 6. The fraction of sp³-hybridized carbons (Fsp3) is 0.300. The molecule has 0 radical (unpaired) electrons. The van der Waals surface area contributed by atoms with Crippen molar-refractivity contribution < 1.29 is 9.72 Å². The maximum Gasteiger partial charge on any atom is 0.269 e. The Morgan fingerprint density at radius 1 is 1.03 bits per heavy atom. The molecule has 3 aromatic carbocycles. The number of amides is 1. The molecule has 4 aromatic rings. The van der Waals surface area contributed by atoms with Gasteiger partial charge in [0.25, 0.3) is 11.6 Å². The first kappa shape index (κ1) is 28.0. The second kappa shape index (κ2) is 13.2. The van der Waals surface area contributed by atoms with Crippen molar-refractivity contribution in [2.45, 2.75) is 63.4 Å². The van der Waals surface area contributed by atoms with Gasteiger partial charge < -0.3 is 5.32 Å². The van der Waals surface area contributed by atoms with E-state index in [9.17, 15) is 14.9 Å². The first-order valence-electron chi connectivity index (χ1n) is 13.1. The van der Waals surface area contributed by atoms with E-state index in [1.807, 2.05) is 47.9 Å². The molecule has 0 aliphatic carbocycles. The van der Waals surface area contributed by atoms with Gasteiger partial charge in [0.05, 0.1) is 11.0 Å². The standard InChI is InChI=1S/C30H33N5O3S/c1-4-5-6-10-23-12-14-24(15-13-23)29(36)31-22(3)28-32-33-30(39-20-25-11-8-7-9-21(25)2)34(28)26-16-18-27(19-17-26)35(37)38/h7-9,11-19,22H,4-6,10,20H2,1-3H3,(H,31,36). The second-order valence-corrected chi connectivity index (χ2v) is 10.5. The minimum absolute atomic E-state index is 0.00183. The molecule has 4 rings (SSSR count). The largest absolute Gasteiger partial charge is 0.342 e. The Balaban J connectivity index is 1.56. The number of unbranched alkanes of at least 4 members (excludes halogenated alkanes) is 2. The molecular weight excluding hydrogens is 510 g/mol. The Morgan fingerprint density at radius 2 is 1.74 bits per heavy atom. The lowest BCUT2D eigenvalue weighted by atomic mass is 10.0. The van der Waals surface area contributed by atoms with Crippen LogP contribution >= 0.6 is 11.8 Å². The molecule has 1 unspecified atom stereocenters. The molecule has 1 atom stereocenters. The lowest BCUT2D eigenvalue weighted by molar-refractivity contribution is -0.384. The summed E-state index contributed by atoms with van der Waals surface area (Å²) in [5.74, 6) is 1.03. The van der Waals surface area contributed by atoms with Gasteiger partial charge >= 0.3 is 0 Å². The number of rotatable bonds is 12. The molecule has 9 heteroatoms. The molecule has 1 aromatic heterocycles. The molecule has 1 amide bonds. The Bertz CT molecular complexity index is 1420. The van der Waals surface area contributed by atoms with Crippen molar-refractivity contribution >= 4 is 23.4 Å². The topological polar surface area (TPSA) is 103 Å². The van der Waals surface area contributed by atoms with Crippen molar-refractivity contribution in [2.24, 2.45) is 0 Å². The number of aromatic nitrogens is 3. The molecule has 0 aliphatic heterocycles. The first-order valence-corrected chi connectivity index (χ1v) is 14.1. The van der Waals surface area contributed by atoms with E-state index in [0.29, 0.717) is 28.0 Å². The van der Waals surface area contributed by atoms with E-state index in [-0.39, 0.29) is 11.6 Å². The SMILES string of the molecule is CCCCCc1ccc(C(=O)NC(C)c2nnc(SCc3ccccc3C)n2-c2ccc([N+](=O)[O-])cc2)cc1. The zero-order chi connectivity index (χ0) is 27.8. The Hall–Kier alpha value is -3.98. The normalized spacial score (nSPS) is 11.8. The third kappa shape index (κ3) is 7.11. The summed E-state index contributed by atoms with van der Waals surface area (Å²) >= 11 is 1.53. The number of thioether (sulfide) groups is 1. The zero-order valence-corrected chi connectivity index (χ0v) is 23.3. The van der Waals surface area contributed by atoms with Crippen LogP contribution in [0.3, 0.4) is 0 Å². The summed E-state index contributed by atoms with van der Waals surface area (Å²) in [5.41, 5.74) is 4.86. The van der Waals surface area contributed by atoms with E-state index in [2.05, 4.69) is 41.5 Å². The number of aryl methyl sites for hydroxylation is 2. The van der Waals surface area contributed by atoms with E-state index < -0.39 is 11.0 Å². The van der Waals surface area contributed by atoms with Gasteiger partial charge in [0.1, 0.15) is 0 Å². The molecule has 202 valence electrons. The van der Waals surface area contributed by atoms with E-state index in [0.717, 1.165) is 12.8 Å². The lowest BCUT2D eigenvalue weighted by Crippen LogP contribution is -2.28. The smallest absolute Gasteiger partial charge is 0.269 e. The van der Waals surface area contributed by atoms with Crippen LogP contribution in [0.25, 0.3) is 5.69 Å². The van der Waals surface area contributed by atoms with Gasteiger partial charge in [-0.25, -0.2) is 0 Å². The van der Waals surface area contributed by atoms with Gasteiger partial charge in [-0.2, -0.15) is 0 Å². The number of nitro benzene ring substituents is 1. The zero-order valence-electron chi connectivity index (χ0n) is 22.5. The Morgan fingerprint density at radius 3 is 2.41 bits per heavy atom. The molecule has 0 saturated heterocycles. The van der Waals surface area contributed by atoms with E-state index in [4.69, 9.17) is 0 Å². The van der Waals surface area contributed by atoms with Gasteiger partial charge in [-0.1, -0.05) is 67.9 Å². The number of hydrogen-bond donors (Lipinski definition) is 1. The molecule has 0 spiro atoms. The summed E-state index contributed by atoms with van der Waals surface area (Å²) in [6, 6.07) is 21.7. The molecular formula is C30H33N5O3S. The van der Waals surface area contributed by atoms with Gasteiger partial charge in [-0.15, -0.1) is 10.2 Å². The highest BCUT2D eigenvalue weighted by molar-refractivity contribution is 7.98. The summed E-state index contributed by atoms with van der Waals surface area (Å²) < 4.78 is 1.86. The number of non-ortho nitro benzene ring substituents is 1. The predicted octanol–water partition coefficient (Wildman–Crippen LogP) is 7.00. The maximum absolute atomic E-state index is 13.1. The minimum atomic E-state index is -0.461. The number of carbonyl (C=O) groups is 1. The molecule has 39 heavy (non-hydrogen) atoms. The quantitative estimate of drug-likeness (QED) is 0.0893. The molecule has 8 nitrogen and oxygen atoms in total. The summed E-state index contributed by atoms with van der Waals surface area (Å²) in [4.78, 5) is 23.8. The van der Waals surface area contributed by atoms with Gasteiger partial charge in [-0.3, -0.25) is 19.5 Å². The van der Waals surface area contributed by atoms with Crippen molar-refractivity contribution in [3.8, 4) is 5.69 Å². The van der Waals surface area contributed by atoms with Crippen LogP contribution in [0.4, 0.5) is 5.69 Å². The van der Waals surface area contributed by atoms with Crippen LogP contribution in [0.5, 0.6) is 0 Å². The lowest BCUT2D eigenvalue weighted by Gasteiger charge is -2.16. The van der Waals surface area contributed by atoms with Gasteiger partial charge in [0.15, 0.2) is 11.0 Å². The predicted molar refractivity (Wildman–Crippen MR) is 154 cm³/mol. The minimum Gasteiger partial charge on any atom is -0.342 e. The van der Waals surface area contributed by atoms with Gasteiger partial charge in [-0.05, 0) is 67.6 Å². The summed E-state index contributed by atoms with van der Waals surface area (Å²) in [7, 11) is 0. The molecule has 0 saturated carbocycles. The number of nitro groups is 1. The van der Waals surface area contributed by atoms with Gasteiger partial charge in [0, 0.05) is 29.1 Å². The summed E-state index contributed by atoms with van der Waals surface area (Å²) in [5, 5.41) is 23.7. The fourth-order valence-corrected chi connectivity index (χ4v) is 5.32. The highest BCUT2D eigenvalue weighted by atomic mass is 32.2.